The molecule has 0 radical (unpaired) electrons. The summed E-state index contributed by atoms with van der Waals surface area (Å²) in [6, 6.07) is 5.26. The molecule has 0 amide bonds. The number of aromatic nitrogens is 1. The van der Waals surface area contributed by atoms with E-state index in [4.69, 9.17) is 5.26 Å². The van der Waals surface area contributed by atoms with Gasteiger partial charge in [0.15, 0.2) is 6.29 Å². The molecule has 0 aliphatic carbocycles. The van der Waals surface area contributed by atoms with Crippen molar-refractivity contribution in [3.8, 4) is 6.07 Å². The van der Waals surface area contributed by atoms with Gasteiger partial charge in [-0.15, -0.1) is 0 Å². The summed E-state index contributed by atoms with van der Waals surface area (Å²) in [7, 11) is 0. The number of carbonyl (C=O) groups excluding carboxylic acids is 1. The highest BCUT2D eigenvalue weighted by atomic mass is 16.1. The minimum atomic E-state index is 0.357. The van der Waals surface area contributed by atoms with E-state index in [1.54, 1.807) is 12.1 Å². The Labute approximate surface area is 89.2 Å². The zero-order chi connectivity index (χ0) is 11.3. The van der Waals surface area contributed by atoms with Crippen LogP contribution in [0.15, 0.2) is 12.1 Å². The molecule has 0 spiro atoms. The Kier molecular flexibility index (Phi) is 3.81. The molecule has 1 heterocycles. The zero-order valence-electron chi connectivity index (χ0n) is 8.90. The van der Waals surface area contributed by atoms with Gasteiger partial charge in [-0.2, -0.15) is 5.26 Å². The second kappa shape index (κ2) is 5.11. The number of hydrogen-bond donors (Lipinski definition) is 0. The van der Waals surface area contributed by atoms with E-state index in [9.17, 15) is 4.79 Å². The molecule has 78 valence electrons. The second-order valence-electron chi connectivity index (χ2n) is 3.01. The van der Waals surface area contributed by atoms with Gasteiger partial charge in [0.05, 0.1) is 5.56 Å². The van der Waals surface area contributed by atoms with Crippen LogP contribution in [0.4, 0.5) is 5.82 Å². The summed E-state index contributed by atoms with van der Waals surface area (Å²) < 4.78 is 0. The molecule has 0 atom stereocenters. The van der Waals surface area contributed by atoms with Crippen molar-refractivity contribution in [2.24, 2.45) is 0 Å². The molecule has 0 saturated carbocycles. The van der Waals surface area contributed by atoms with Gasteiger partial charge in [0, 0.05) is 13.1 Å². The summed E-state index contributed by atoms with van der Waals surface area (Å²) in [5.74, 6) is 0.590. The molecule has 15 heavy (non-hydrogen) atoms. The van der Waals surface area contributed by atoms with Gasteiger partial charge in [-0.1, -0.05) is 0 Å². The maximum Gasteiger partial charge on any atom is 0.168 e. The monoisotopic (exact) mass is 203 g/mol. The summed E-state index contributed by atoms with van der Waals surface area (Å²) in [5.41, 5.74) is 0.861. The molecule has 1 rings (SSSR count). The van der Waals surface area contributed by atoms with E-state index in [0.717, 1.165) is 13.1 Å². The third-order valence-electron chi connectivity index (χ3n) is 2.20. The van der Waals surface area contributed by atoms with Crippen LogP contribution in [0, 0.1) is 11.3 Å². The molecule has 1 aromatic heterocycles. The number of nitriles is 1. The van der Waals surface area contributed by atoms with Crippen LogP contribution in [0.25, 0.3) is 0 Å². The highest BCUT2D eigenvalue weighted by Gasteiger charge is 2.10. The smallest absolute Gasteiger partial charge is 0.168 e. The van der Waals surface area contributed by atoms with E-state index in [-0.39, 0.29) is 0 Å². The third kappa shape index (κ3) is 2.32. The minimum absolute atomic E-state index is 0.357. The SMILES string of the molecule is CCN(CC)c1nc(C=O)ccc1C#N. The van der Waals surface area contributed by atoms with Crippen LogP contribution in [0.1, 0.15) is 29.9 Å². The summed E-state index contributed by atoms with van der Waals surface area (Å²) in [5, 5.41) is 8.92. The van der Waals surface area contributed by atoms with Crippen LogP contribution < -0.4 is 4.90 Å². The Morgan fingerprint density at radius 3 is 2.60 bits per heavy atom. The predicted molar refractivity (Wildman–Crippen MR) is 57.9 cm³/mol. The van der Waals surface area contributed by atoms with Crippen molar-refractivity contribution in [1.82, 2.24) is 4.98 Å². The van der Waals surface area contributed by atoms with E-state index >= 15 is 0 Å². The number of carbonyl (C=O) groups is 1. The van der Waals surface area contributed by atoms with Crippen molar-refractivity contribution in [2.75, 3.05) is 18.0 Å². The van der Waals surface area contributed by atoms with Gasteiger partial charge >= 0.3 is 0 Å². The molecular weight excluding hydrogens is 190 g/mol. The molecule has 0 aliphatic heterocycles. The van der Waals surface area contributed by atoms with Crippen molar-refractivity contribution >= 4 is 12.1 Å². The molecule has 4 heteroatoms. The first kappa shape index (κ1) is 11.2. The largest absolute Gasteiger partial charge is 0.356 e. The van der Waals surface area contributed by atoms with Crippen molar-refractivity contribution in [3.05, 3.63) is 23.4 Å². The fourth-order valence-electron chi connectivity index (χ4n) is 1.38. The Bertz CT molecular complexity index is 391. The fraction of sp³-hybridized carbons (Fsp3) is 0.364. The van der Waals surface area contributed by atoms with Gasteiger partial charge in [-0.3, -0.25) is 4.79 Å². The average Bonchev–Trinajstić information content (AvgIpc) is 2.30. The highest BCUT2D eigenvalue weighted by molar-refractivity contribution is 5.73. The van der Waals surface area contributed by atoms with Crippen LogP contribution in [-0.4, -0.2) is 24.4 Å². The van der Waals surface area contributed by atoms with E-state index in [2.05, 4.69) is 11.1 Å². The topological polar surface area (TPSA) is 57.0 Å². The standard InChI is InChI=1S/C11H13N3O/c1-3-14(4-2)11-9(7-12)5-6-10(8-15)13-11/h5-6,8H,3-4H2,1-2H3. The average molecular weight is 203 g/mol. The molecule has 0 bridgehead atoms. The van der Waals surface area contributed by atoms with Gasteiger partial charge in [0.25, 0.3) is 0 Å². The van der Waals surface area contributed by atoms with Gasteiger partial charge in [0.1, 0.15) is 17.6 Å². The molecule has 4 nitrogen and oxygen atoms in total. The first-order valence-electron chi connectivity index (χ1n) is 4.88. The number of rotatable bonds is 4. The molecule has 0 saturated heterocycles. The highest BCUT2D eigenvalue weighted by Crippen LogP contribution is 2.16. The summed E-state index contributed by atoms with van der Waals surface area (Å²) >= 11 is 0. The summed E-state index contributed by atoms with van der Waals surface area (Å²) in [6.45, 7) is 5.50. The van der Waals surface area contributed by atoms with Crippen LogP contribution in [0.3, 0.4) is 0 Å². The number of nitrogens with zero attached hydrogens (tertiary/aromatic N) is 3. The molecular formula is C11H13N3O. The number of hydrogen-bond acceptors (Lipinski definition) is 4. The van der Waals surface area contributed by atoms with Crippen LogP contribution >= 0.6 is 0 Å². The van der Waals surface area contributed by atoms with Gasteiger partial charge < -0.3 is 4.90 Å². The molecule has 1 aromatic rings. The Morgan fingerprint density at radius 2 is 2.13 bits per heavy atom. The second-order valence-corrected chi connectivity index (χ2v) is 3.01. The van der Waals surface area contributed by atoms with E-state index in [1.165, 1.54) is 0 Å². The van der Waals surface area contributed by atoms with Crippen LogP contribution in [-0.2, 0) is 0 Å². The quantitative estimate of drug-likeness (QED) is 0.697. The maximum atomic E-state index is 10.6. The number of aldehydes is 1. The lowest BCUT2D eigenvalue weighted by molar-refractivity contribution is 0.111. The third-order valence-corrected chi connectivity index (χ3v) is 2.20. The number of pyridine rings is 1. The normalized spacial score (nSPS) is 9.40. The lowest BCUT2D eigenvalue weighted by Crippen LogP contribution is -2.24. The molecule has 0 fully saturated rings. The van der Waals surface area contributed by atoms with Crippen LogP contribution in [0.5, 0.6) is 0 Å². The van der Waals surface area contributed by atoms with Gasteiger partial charge in [0.2, 0.25) is 0 Å². The zero-order valence-corrected chi connectivity index (χ0v) is 8.90. The van der Waals surface area contributed by atoms with Crippen molar-refractivity contribution < 1.29 is 4.79 Å². The minimum Gasteiger partial charge on any atom is -0.356 e. The summed E-state index contributed by atoms with van der Waals surface area (Å²) in [4.78, 5) is 16.7. The molecule has 0 aromatic carbocycles. The predicted octanol–water partition coefficient (Wildman–Crippen LogP) is 1.61. The maximum absolute atomic E-state index is 10.6. The molecule has 0 aliphatic rings. The lowest BCUT2D eigenvalue weighted by atomic mass is 10.2. The van der Waals surface area contributed by atoms with Crippen molar-refractivity contribution in [3.63, 3.8) is 0 Å². The Morgan fingerprint density at radius 1 is 1.47 bits per heavy atom. The first-order valence-corrected chi connectivity index (χ1v) is 4.88. The summed E-state index contributed by atoms with van der Waals surface area (Å²) in [6.07, 6.45) is 0.689. The van der Waals surface area contributed by atoms with E-state index < -0.39 is 0 Å². The molecule has 0 unspecified atom stereocenters. The van der Waals surface area contributed by atoms with Crippen LogP contribution in [0.2, 0.25) is 0 Å². The van der Waals surface area contributed by atoms with Gasteiger partial charge in [-0.05, 0) is 26.0 Å². The Hall–Kier alpha value is -1.89. The van der Waals surface area contributed by atoms with Crippen molar-refractivity contribution in [2.45, 2.75) is 13.8 Å². The van der Waals surface area contributed by atoms with Crippen molar-refractivity contribution in [1.29, 1.82) is 5.26 Å². The molecule has 0 N–H and O–H groups in total. The van der Waals surface area contributed by atoms with E-state index in [0.29, 0.717) is 23.4 Å². The van der Waals surface area contributed by atoms with E-state index in [1.807, 2.05) is 18.7 Å². The fourth-order valence-corrected chi connectivity index (χ4v) is 1.38. The first-order chi connectivity index (χ1) is 7.26. The Balaban J connectivity index is 3.23. The lowest BCUT2D eigenvalue weighted by Gasteiger charge is -2.20. The number of anilines is 1. The van der Waals surface area contributed by atoms with Gasteiger partial charge in [-0.25, -0.2) is 4.98 Å².